The number of carboxylic acid groups (broad SMARTS) is 1. The summed E-state index contributed by atoms with van der Waals surface area (Å²) in [5.41, 5.74) is 6.83. The Bertz CT molecular complexity index is 3140. The molecule has 2 aromatic carbocycles. The number of imide groups is 1. The molecule has 2 unspecified atom stereocenters. The second-order valence-electron chi connectivity index (χ2n) is 34.1. The van der Waals surface area contributed by atoms with Gasteiger partial charge < -0.3 is 24.8 Å². The van der Waals surface area contributed by atoms with Crippen molar-refractivity contribution in [2.75, 3.05) is 5.75 Å². The van der Waals surface area contributed by atoms with Gasteiger partial charge in [0.15, 0.2) is 9.84 Å². The summed E-state index contributed by atoms with van der Waals surface area (Å²) in [5, 5.41) is 28.3. The third kappa shape index (κ3) is 64.1. The molecule has 2 N–H and O–H groups in total. The van der Waals surface area contributed by atoms with E-state index in [4.69, 9.17) is 9.94 Å². The molecular weight excluding hydrogens is 1590 g/mol. The fourth-order valence-electron chi connectivity index (χ4n) is 9.02. The van der Waals surface area contributed by atoms with Gasteiger partial charge in [0.25, 0.3) is 0 Å². The largest absolute Gasteiger partial charge is 1.00 e. The van der Waals surface area contributed by atoms with Crippen LogP contribution in [-0.2, 0) is 53.5 Å². The first kappa shape index (κ1) is 122. The molecule has 0 aliphatic carbocycles. The average molecular weight is 1740 g/mol. The maximum atomic E-state index is 11.9. The maximum Gasteiger partial charge on any atom is 1.00 e. The summed E-state index contributed by atoms with van der Waals surface area (Å²) in [6.07, 6.45) is 8.39. The van der Waals surface area contributed by atoms with E-state index in [2.05, 4.69) is 161 Å². The predicted molar refractivity (Wildman–Crippen MR) is 455 cm³/mol. The van der Waals surface area contributed by atoms with E-state index in [1.807, 2.05) is 153 Å². The minimum Gasteiger partial charge on any atom is -0.651 e. The molecule has 0 bridgehead atoms. The van der Waals surface area contributed by atoms with Crippen LogP contribution in [0.4, 0.5) is 0 Å². The number of likely N-dealkylation sites (tertiary alicyclic amines) is 1. The van der Waals surface area contributed by atoms with Gasteiger partial charge in [-0.15, -0.1) is 17.2 Å². The van der Waals surface area contributed by atoms with Gasteiger partial charge in [0.05, 0.1) is 22.2 Å². The van der Waals surface area contributed by atoms with Crippen LogP contribution in [0.25, 0.3) is 10.0 Å². The molecule has 1 aliphatic heterocycles. The number of sulfone groups is 1. The molecule has 2 heterocycles. The van der Waals surface area contributed by atoms with Gasteiger partial charge in [0, 0.05) is 72.6 Å². The summed E-state index contributed by atoms with van der Waals surface area (Å²) in [6, 6.07) is 14.5. The Hall–Kier alpha value is -2.59. The molecule has 4 amide bonds. The van der Waals surface area contributed by atoms with Crippen molar-refractivity contribution in [1.82, 2.24) is 25.3 Å². The number of hydrogen-bond acceptors (Lipinski definition) is 15. The van der Waals surface area contributed by atoms with Crippen LogP contribution < -0.4 is 122 Å². The number of hydrazone groups is 1. The second kappa shape index (κ2) is 65.4. The number of nitrogens with zero attached hydrogens (tertiary/aromatic N) is 8. The minimum atomic E-state index is -3.48. The summed E-state index contributed by atoms with van der Waals surface area (Å²) in [4.78, 5) is 73.6. The number of amides is 4. The zero-order valence-electron chi connectivity index (χ0n) is 77.1. The molecule has 1 aliphatic rings. The first-order valence-corrected chi connectivity index (χ1v) is 43.1. The summed E-state index contributed by atoms with van der Waals surface area (Å²) >= 11 is 0. The molecule has 0 radical (unpaired) electrons. The molecule has 4 rings (SSSR count). The van der Waals surface area contributed by atoms with E-state index in [1.54, 1.807) is 44.3 Å². The molecule has 25 heteroatoms. The van der Waals surface area contributed by atoms with E-state index < -0.39 is 25.8 Å². The number of nitrogens with one attached hydrogen (secondary N) is 1. The van der Waals surface area contributed by atoms with Crippen molar-refractivity contribution in [3.63, 3.8) is 0 Å². The van der Waals surface area contributed by atoms with Gasteiger partial charge in [0.2, 0.25) is 17.7 Å². The van der Waals surface area contributed by atoms with Gasteiger partial charge >= 0.3 is 122 Å². The van der Waals surface area contributed by atoms with E-state index in [1.165, 1.54) is 10.5 Å². The number of carboxylic acids is 1. The van der Waals surface area contributed by atoms with Gasteiger partial charge in [0.1, 0.15) is 21.9 Å². The molecule has 0 saturated carbocycles. The number of sulfonamides is 1. The van der Waals surface area contributed by atoms with Crippen molar-refractivity contribution in [1.29, 1.82) is 0 Å². The number of hydrogen-bond donors (Lipinski definition) is 2. The number of carbonyl (C=O) groups excluding carboxylic acids is 5. The Balaban J connectivity index is -0.000000220. The third-order valence-corrected chi connectivity index (χ3v) is 19.5. The number of aliphatic carboxylic acids is 1. The van der Waals surface area contributed by atoms with Crippen LogP contribution in [0.2, 0.25) is 0 Å². The number of rotatable bonds is 30. The second-order valence-corrected chi connectivity index (χ2v) is 37.8. The quantitative estimate of drug-likeness (QED) is 0.0356. The number of oxime groups is 1. The Morgan fingerprint density at radius 1 is 0.586 bits per heavy atom. The van der Waals surface area contributed by atoms with Crippen LogP contribution in [0.1, 0.15) is 335 Å². The van der Waals surface area contributed by atoms with Crippen molar-refractivity contribution in [3.8, 4) is 0 Å². The van der Waals surface area contributed by atoms with Crippen LogP contribution in [0.15, 0.2) is 74.8 Å². The number of carbonyl (C=O) groups is 6. The summed E-state index contributed by atoms with van der Waals surface area (Å²) in [6.45, 7) is 73.9. The van der Waals surface area contributed by atoms with Crippen molar-refractivity contribution in [2.24, 2.45) is 81.3 Å². The number of Topliss-reactive ketones (excluding diaryl/α,β-unsaturated/α-hetero) is 1. The smallest absolute Gasteiger partial charge is 0.651 e. The maximum absolute atomic E-state index is 11.9. The normalized spacial score (nSPS) is 13.2. The van der Waals surface area contributed by atoms with E-state index in [0.717, 1.165) is 42.7 Å². The Labute approximate surface area is 776 Å². The third-order valence-electron chi connectivity index (χ3n) is 15.8. The molecule has 632 valence electrons. The Morgan fingerprint density at radius 2 is 1.05 bits per heavy atom. The van der Waals surface area contributed by atoms with Crippen molar-refractivity contribution in [3.05, 3.63) is 81.6 Å². The van der Waals surface area contributed by atoms with E-state index in [-0.39, 0.29) is 204 Å². The predicted octanol–water partition coefficient (Wildman–Crippen LogP) is 15.5. The molecule has 0 spiro atoms. The molecular formula is C86H157N9O12Rb2S2. The van der Waals surface area contributed by atoms with Crippen LogP contribution in [0.3, 0.4) is 0 Å². The van der Waals surface area contributed by atoms with E-state index in [0.29, 0.717) is 88.7 Å². The number of benzene rings is 2. The van der Waals surface area contributed by atoms with Crippen LogP contribution in [0.5, 0.6) is 0 Å². The van der Waals surface area contributed by atoms with Gasteiger partial charge in [-0.25, -0.2) is 26.9 Å². The van der Waals surface area contributed by atoms with E-state index >= 15 is 0 Å². The Kier molecular flexibility index (Phi) is 71.6. The van der Waals surface area contributed by atoms with E-state index in [9.17, 15) is 45.6 Å². The van der Waals surface area contributed by atoms with Gasteiger partial charge in [-0.2, -0.15) is 5.10 Å². The van der Waals surface area contributed by atoms with Crippen molar-refractivity contribution < 1.29 is 172 Å². The molecule has 1 aromatic heterocycles. The molecule has 3 aromatic rings. The topological polar surface area (TPSA) is 299 Å². The fraction of sp³-hybridized carbons (Fsp3) is 0.744. The SMILES string of the molecule is C/C(=N\NC(=O)C(C)C)C(C)C.CC(C)C1CC(=O)N(C(C)C)C1=O.CC(C)C=NOC(C)C.CC(C)CC(=O)CC(C)C.CC(C)CCC(CC(=O)O)C(C)C.CC(C)CS(=O)(=O)c1ccc(C(C)C)cc1.CC(C)[N-]C(=O)C(C)C.CC(C)[N-]S(=O)(=O)c1ccc(C(C)C)cc1.CC(C)c1cn(C(C)C)nn1.[Rb+].[Rb+]. The van der Waals surface area contributed by atoms with Crippen LogP contribution in [0, 0.1) is 71.0 Å². The Morgan fingerprint density at radius 3 is 1.32 bits per heavy atom. The molecule has 1 fully saturated rings. The molecule has 111 heavy (non-hydrogen) atoms. The average Bonchev–Trinajstić information content (AvgIpc) is 1.73. The first-order valence-electron chi connectivity index (χ1n) is 40.0. The molecule has 21 nitrogen and oxygen atoms in total. The summed E-state index contributed by atoms with van der Waals surface area (Å²) in [7, 11) is -6.58. The molecule has 1 saturated heterocycles. The minimum absolute atomic E-state index is 0. The number of aromatic nitrogens is 3. The summed E-state index contributed by atoms with van der Waals surface area (Å²) in [5.74, 6) is 5.02. The van der Waals surface area contributed by atoms with Crippen molar-refractivity contribution >= 4 is 67.2 Å². The zero-order valence-corrected chi connectivity index (χ0v) is 88.6. The van der Waals surface area contributed by atoms with Gasteiger partial charge in [-0.05, 0) is 167 Å². The van der Waals surface area contributed by atoms with Crippen molar-refractivity contribution in [2.45, 2.75) is 353 Å². The first-order chi connectivity index (χ1) is 49.8. The van der Waals surface area contributed by atoms with Gasteiger partial charge in [-0.1, -0.05) is 249 Å². The zero-order chi connectivity index (χ0) is 86.3. The van der Waals surface area contributed by atoms with Crippen LogP contribution >= 0.6 is 0 Å². The van der Waals surface area contributed by atoms with Gasteiger partial charge in [-0.3, -0.25) is 28.9 Å². The standard InChI is InChI=1S/C13H20O2S.C12H18NO2S.C11H22O2.C10H17NO2.C9H18N2O.C9H18O.C8H15N3.2C7H15NO.2Rb/c1-10(2)9-16(14,15)13-7-5-12(6-8-13)11(3)4;1-9(2)11-5-7-12(8-6-11)16(14,15)13-10(3)4;1-8(2)5-6-10(9(3)4)7-11(12)13;1-6(2)8-5-9(12)11(7(3)4)10(8)13;1-6(2)8(5)10-11-9(12)7(3)4;1-7(2)5-9(10)6-8(3)4;1-6(2)8-5-11(7(3)4)10-9-8;1-6(2)5-8-9-7(3)4;1-5(2)7(9)8-6(3)4;;/h5-8,10-11H,9H2,1-4H3;5-10H,1-4H3;8-10H,5-7H2,1-4H3,(H,12,13);6-8H,5H2,1-4H3;6-7H,1-5H3,(H,11,12);7-8H,5-6H2,1-4H3;5-7H,1-4H3;5-7H,1-4H3;5-6H,1-4H3,(H,8,9);;/q;-1;;;;;;;;2*+1/p-1/b;;;;10-8+;;;;;;. The van der Waals surface area contributed by atoms with Crippen LogP contribution in [-0.4, -0.2) is 119 Å². The fourth-order valence-corrected chi connectivity index (χ4v) is 11.8. The monoisotopic (exact) mass is 1740 g/mol. The number of ketones is 1. The summed E-state index contributed by atoms with van der Waals surface area (Å²) < 4.78 is 53.0. The molecule has 2 atom stereocenters.